The molecule has 3 aromatic rings. The molecular weight excluding hydrogens is 423 g/mol. The van der Waals surface area contributed by atoms with Crippen LogP contribution in [0.15, 0.2) is 36.8 Å². The van der Waals surface area contributed by atoms with Crippen molar-refractivity contribution in [3.05, 3.63) is 42.5 Å². The molecule has 1 aliphatic rings. The van der Waals surface area contributed by atoms with E-state index in [0.29, 0.717) is 11.5 Å². The minimum absolute atomic E-state index is 0.0118. The Balaban J connectivity index is 1.54. The van der Waals surface area contributed by atoms with E-state index in [-0.39, 0.29) is 18.5 Å². The number of likely N-dealkylation sites (tertiary alicyclic amines) is 1. The average Bonchev–Trinajstić information content (AvgIpc) is 3.29. The van der Waals surface area contributed by atoms with Gasteiger partial charge in [-0.15, -0.1) is 0 Å². The quantitative estimate of drug-likeness (QED) is 0.629. The topological polar surface area (TPSA) is 84.6 Å². The van der Waals surface area contributed by atoms with E-state index in [1.54, 1.807) is 39.2 Å². The van der Waals surface area contributed by atoms with Crippen LogP contribution in [-0.4, -0.2) is 61.2 Å². The summed E-state index contributed by atoms with van der Waals surface area (Å²) >= 11 is 0. The van der Waals surface area contributed by atoms with Crippen LogP contribution in [0.2, 0.25) is 0 Å². The number of fused-ring (bicyclic) bond motifs is 1. The van der Waals surface area contributed by atoms with Crippen LogP contribution in [0.25, 0.3) is 17.0 Å². The predicted octanol–water partition coefficient (Wildman–Crippen LogP) is 4.46. The molecule has 1 aliphatic heterocycles. The number of amides is 1. The molecule has 9 heteroatoms. The smallest absolute Gasteiger partial charge is 0.410 e. The number of hydrogen-bond donors (Lipinski definition) is 1. The molecule has 0 spiro atoms. The summed E-state index contributed by atoms with van der Waals surface area (Å²) < 4.78 is 22.0. The predicted molar refractivity (Wildman–Crippen MR) is 125 cm³/mol. The molecule has 4 rings (SSSR count). The first kappa shape index (κ1) is 22.9. The molecular formula is C24H31FN6O2. The van der Waals surface area contributed by atoms with Gasteiger partial charge in [0.15, 0.2) is 5.65 Å². The third-order valence-corrected chi connectivity index (χ3v) is 5.41. The average molecular weight is 455 g/mol. The van der Waals surface area contributed by atoms with Gasteiger partial charge < -0.3 is 15.0 Å². The second kappa shape index (κ2) is 8.28. The van der Waals surface area contributed by atoms with E-state index >= 15 is 0 Å². The lowest BCUT2D eigenvalue weighted by molar-refractivity contribution is 0.0283. The van der Waals surface area contributed by atoms with Crippen molar-refractivity contribution in [2.45, 2.75) is 64.8 Å². The van der Waals surface area contributed by atoms with Crippen molar-refractivity contribution < 1.29 is 13.9 Å². The summed E-state index contributed by atoms with van der Waals surface area (Å²) in [5.41, 5.74) is 2.46. The highest BCUT2D eigenvalue weighted by Gasteiger charge is 2.37. The van der Waals surface area contributed by atoms with Crippen molar-refractivity contribution in [2.75, 3.05) is 18.4 Å². The first-order valence-electron chi connectivity index (χ1n) is 11.1. The Hall–Kier alpha value is -3.23. The van der Waals surface area contributed by atoms with E-state index in [0.717, 1.165) is 17.0 Å². The van der Waals surface area contributed by atoms with Crippen molar-refractivity contribution in [1.82, 2.24) is 24.3 Å². The maximum absolute atomic E-state index is 14.7. The van der Waals surface area contributed by atoms with Gasteiger partial charge in [0.2, 0.25) is 0 Å². The van der Waals surface area contributed by atoms with Gasteiger partial charge in [0, 0.05) is 18.2 Å². The minimum atomic E-state index is -1.22. The fraction of sp³-hybridized carbons (Fsp3) is 0.500. The number of carbonyl (C=O) groups is 1. The molecule has 176 valence electrons. The highest BCUT2D eigenvalue weighted by atomic mass is 19.1. The monoisotopic (exact) mass is 454 g/mol. The maximum Gasteiger partial charge on any atom is 0.410 e. The van der Waals surface area contributed by atoms with E-state index in [1.807, 2.05) is 22.7 Å². The van der Waals surface area contributed by atoms with Gasteiger partial charge in [-0.25, -0.2) is 19.2 Å². The standard InChI is InChI=1S/C24H31FN6O2/c1-23(2,3)19-14-31-18(10-27-21(31)11-26-19)16-8-7-9-20(28-16)29-17-13-30(12-15(17)25)22(32)33-24(4,5)6/h7-11,14-15,17H,12-13H2,1-6H3,(H,28,29)/t15-,17?/m0/s1. The number of rotatable bonds is 3. The van der Waals surface area contributed by atoms with Gasteiger partial charge in [0.05, 0.1) is 42.1 Å². The lowest BCUT2D eigenvalue weighted by Crippen LogP contribution is -2.36. The van der Waals surface area contributed by atoms with Crippen LogP contribution in [0.4, 0.5) is 15.0 Å². The van der Waals surface area contributed by atoms with Gasteiger partial charge in [0.1, 0.15) is 17.6 Å². The van der Waals surface area contributed by atoms with Gasteiger partial charge in [-0.05, 0) is 32.9 Å². The summed E-state index contributed by atoms with van der Waals surface area (Å²) in [6.45, 7) is 11.9. The zero-order valence-electron chi connectivity index (χ0n) is 20.0. The van der Waals surface area contributed by atoms with Gasteiger partial charge in [-0.3, -0.25) is 9.38 Å². The molecule has 2 atom stereocenters. The Morgan fingerprint density at radius 3 is 2.58 bits per heavy atom. The first-order chi connectivity index (χ1) is 15.4. The molecule has 1 unspecified atom stereocenters. The number of ether oxygens (including phenoxy) is 1. The number of nitrogens with one attached hydrogen (secondary N) is 1. The fourth-order valence-electron chi connectivity index (χ4n) is 3.69. The normalized spacial score (nSPS) is 19.2. The summed E-state index contributed by atoms with van der Waals surface area (Å²) in [5, 5.41) is 3.15. The SMILES string of the molecule is CC(C)(C)OC(=O)N1CC(Nc2cccc(-c3cnc4cnc(C(C)(C)C)cn34)n2)[C@@H](F)C1. The zero-order chi connectivity index (χ0) is 24.0. The van der Waals surface area contributed by atoms with Crippen LogP contribution in [-0.2, 0) is 10.2 Å². The van der Waals surface area contributed by atoms with E-state index in [1.165, 1.54) is 4.90 Å². The molecule has 3 aromatic heterocycles. The summed E-state index contributed by atoms with van der Waals surface area (Å²) in [4.78, 5) is 27.4. The molecule has 0 saturated carbocycles. The number of pyridine rings is 1. The Morgan fingerprint density at radius 1 is 1.12 bits per heavy atom. The van der Waals surface area contributed by atoms with Crippen molar-refractivity contribution in [3.8, 4) is 11.4 Å². The molecule has 0 aromatic carbocycles. The maximum atomic E-state index is 14.7. The minimum Gasteiger partial charge on any atom is -0.444 e. The van der Waals surface area contributed by atoms with E-state index in [2.05, 4.69) is 36.1 Å². The number of carbonyl (C=O) groups excluding carboxylic acids is 1. The summed E-state index contributed by atoms with van der Waals surface area (Å²) in [7, 11) is 0. The molecule has 8 nitrogen and oxygen atoms in total. The van der Waals surface area contributed by atoms with E-state index < -0.39 is 23.9 Å². The number of halogens is 1. The van der Waals surface area contributed by atoms with E-state index in [4.69, 9.17) is 9.72 Å². The number of alkyl halides is 1. The van der Waals surface area contributed by atoms with Crippen molar-refractivity contribution in [1.29, 1.82) is 0 Å². The highest BCUT2D eigenvalue weighted by molar-refractivity contribution is 5.69. The number of nitrogens with zero attached hydrogens (tertiary/aromatic N) is 5. The molecule has 0 aliphatic carbocycles. The van der Waals surface area contributed by atoms with Gasteiger partial charge in [-0.2, -0.15) is 0 Å². The molecule has 1 fully saturated rings. The largest absolute Gasteiger partial charge is 0.444 e. The lowest BCUT2D eigenvalue weighted by atomic mass is 9.93. The van der Waals surface area contributed by atoms with Gasteiger partial charge in [-0.1, -0.05) is 26.8 Å². The van der Waals surface area contributed by atoms with Gasteiger partial charge >= 0.3 is 6.09 Å². The van der Waals surface area contributed by atoms with Crippen molar-refractivity contribution in [3.63, 3.8) is 0 Å². The van der Waals surface area contributed by atoms with E-state index in [9.17, 15) is 9.18 Å². The van der Waals surface area contributed by atoms with Crippen LogP contribution in [0.5, 0.6) is 0 Å². The van der Waals surface area contributed by atoms with Crippen LogP contribution in [0, 0.1) is 0 Å². The van der Waals surface area contributed by atoms with Crippen LogP contribution < -0.4 is 5.32 Å². The second-order valence-corrected chi connectivity index (χ2v) is 10.5. The summed E-state index contributed by atoms with van der Waals surface area (Å²) in [6, 6.07) is 4.97. The van der Waals surface area contributed by atoms with Crippen LogP contribution in [0.1, 0.15) is 47.2 Å². The Bertz CT molecular complexity index is 1160. The lowest BCUT2D eigenvalue weighted by Gasteiger charge is -2.24. The molecule has 4 heterocycles. The third kappa shape index (κ3) is 5.07. The highest BCUT2D eigenvalue weighted by Crippen LogP contribution is 2.26. The van der Waals surface area contributed by atoms with Crippen LogP contribution in [0.3, 0.4) is 0 Å². The number of imidazole rings is 1. The molecule has 0 bridgehead atoms. The molecule has 1 amide bonds. The summed E-state index contributed by atoms with van der Waals surface area (Å²) in [5.74, 6) is 0.534. The number of hydrogen-bond acceptors (Lipinski definition) is 6. The van der Waals surface area contributed by atoms with Crippen LogP contribution >= 0.6 is 0 Å². The number of aromatic nitrogens is 4. The Morgan fingerprint density at radius 2 is 1.88 bits per heavy atom. The van der Waals surface area contributed by atoms with Gasteiger partial charge in [0.25, 0.3) is 0 Å². The van der Waals surface area contributed by atoms with Crippen molar-refractivity contribution >= 4 is 17.6 Å². The van der Waals surface area contributed by atoms with Crippen molar-refractivity contribution in [2.24, 2.45) is 0 Å². The molecule has 1 saturated heterocycles. The molecule has 33 heavy (non-hydrogen) atoms. The second-order valence-electron chi connectivity index (χ2n) is 10.5. The summed E-state index contributed by atoms with van der Waals surface area (Å²) in [6.07, 6.45) is 3.76. The zero-order valence-corrected chi connectivity index (χ0v) is 20.0. The Labute approximate surface area is 193 Å². The Kier molecular flexibility index (Phi) is 5.76. The number of anilines is 1. The molecule has 0 radical (unpaired) electrons. The molecule has 1 N–H and O–H groups in total. The fourth-order valence-corrected chi connectivity index (χ4v) is 3.69. The first-order valence-corrected chi connectivity index (χ1v) is 11.1. The third-order valence-electron chi connectivity index (χ3n) is 5.41.